The van der Waals surface area contributed by atoms with Crippen molar-refractivity contribution in [3.05, 3.63) is 42.5 Å². The number of benzene rings is 2. The molecule has 1 amide bonds. The number of amides is 1. The lowest BCUT2D eigenvalue weighted by Gasteiger charge is -2.09. The number of nitrogens with one attached hydrogen (secondary N) is 1. The van der Waals surface area contributed by atoms with E-state index in [4.69, 9.17) is 4.74 Å². The van der Waals surface area contributed by atoms with Gasteiger partial charge in [0.1, 0.15) is 0 Å². The molecule has 1 saturated carbocycles. The van der Waals surface area contributed by atoms with Crippen LogP contribution in [0.25, 0.3) is 21.8 Å². The van der Waals surface area contributed by atoms with Gasteiger partial charge in [-0.25, -0.2) is 0 Å². The van der Waals surface area contributed by atoms with Crippen molar-refractivity contribution < 1.29 is 14.3 Å². The average molecular weight is 392 g/mol. The van der Waals surface area contributed by atoms with E-state index in [0.29, 0.717) is 18.0 Å². The van der Waals surface area contributed by atoms with E-state index in [1.807, 2.05) is 30.3 Å². The molecule has 2 aromatic carbocycles. The number of para-hydroxylation sites is 1. The number of hydrogen-bond acceptors (Lipinski definition) is 3. The van der Waals surface area contributed by atoms with Gasteiger partial charge in [-0.05, 0) is 43.5 Å². The molecule has 1 heterocycles. The highest BCUT2D eigenvalue weighted by Gasteiger charge is 2.17. The normalized spacial score (nSPS) is 14.5. The summed E-state index contributed by atoms with van der Waals surface area (Å²) in [5.74, 6) is 0.0552. The zero-order valence-corrected chi connectivity index (χ0v) is 16.9. The van der Waals surface area contributed by atoms with Crippen LogP contribution in [0.1, 0.15) is 45.4 Å². The molecule has 5 nitrogen and oxygen atoms in total. The second-order valence-electron chi connectivity index (χ2n) is 7.89. The zero-order chi connectivity index (χ0) is 20.2. The molecule has 1 aliphatic rings. The number of hydrogen-bond donors (Lipinski definition) is 1. The molecule has 0 aliphatic heterocycles. The molecule has 1 N–H and O–H groups in total. The fraction of sp³-hybridized carbons (Fsp3) is 0.417. The molecule has 3 aromatic rings. The molecule has 4 rings (SSSR count). The Labute approximate surface area is 171 Å². The van der Waals surface area contributed by atoms with Crippen LogP contribution in [-0.4, -0.2) is 23.1 Å². The minimum atomic E-state index is -0.308. The Morgan fingerprint density at radius 2 is 1.83 bits per heavy atom. The van der Waals surface area contributed by atoms with Gasteiger partial charge < -0.3 is 14.6 Å². The summed E-state index contributed by atoms with van der Waals surface area (Å²) in [6.45, 7) is 2.77. The van der Waals surface area contributed by atoms with E-state index in [1.165, 1.54) is 36.6 Å². The van der Waals surface area contributed by atoms with Gasteiger partial charge in [0.2, 0.25) is 0 Å². The number of rotatable bonds is 7. The Balaban J connectivity index is 1.38. The predicted octanol–water partition coefficient (Wildman–Crippen LogP) is 5.27. The number of ether oxygens (including phenoxy) is 1. The van der Waals surface area contributed by atoms with E-state index in [-0.39, 0.29) is 18.5 Å². The molecule has 0 saturated heterocycles. The van der Waals surface area contributed by atoms with E-state index >= 15 is 0 Å². The molecule has 152 valence electrons. The standard InChI is InChI=1S/C24H28N2O3/c1-2-26-21-10-6-5-9-19(21)20-15-18(12-13-22(20)26)25-23(27)16-29-24(28)14-11-17-7-3-4-8-17/h5-6,9-10,12-13,15,17H,2-4,7-8,11,14,16H2,1H3,(H,25,27). The maximum atomic E-state index is 12.2. The van der Waals surface area contributed by atoms with Crippen molar-refractivity contribution in [2.24, 2.45) is 5.92 Å². The first-order valence-electron chi connectivity index (χ1n) is 10.6. The Morgan fingerprint density at radius 1 is 1.07 bits per heavy atom. The summed E-state index contributed by atoms with van der Waals surface area (Å²) in [7, 11) is 0. The van der Waals surface area contributed by atoms with Gasteiger partial charge in [-0.2, -0.15) is 0 Å². The summed E-state index contributed by atoms with van der Waals surface area (Å²) in [4.78, 5) is 24.2. The first kappa shape index (κ1) is 19.5. The minimum absolute atomic E-state index is 0.238. The van der Waals surface area contributed by atoms with Gasteiger partial charge in [0.15, 0.2) is 6.61 Å². The molecule has 0 bridgehead atoms. The molecular formula is C24H28N2O3. The first-order chi connectivity index (χ1) is 14.2. The predicted molar refractivity (Wildman–Crippen MR) is 116 cm³/mol. The molecular weight excluding hydrogens is 364 g/mol. The largest absolute Gasteiger partial charge is 0.456 e. The Kier molecular flexibility index (Phi) is 5.84. The minimum Gasteiger partial charge on any atom is -0.456 e. The highest BCUT2D eigenvalue weighted by Crippen LogP contribution is 2.31. The van der Waals surface area contributed by atoms with E-state index in [9.17, 15) is 9.59 Å². The number of carbonyl (C=O) groups excluding carboxylic acids is 2. The molecule has 0 atom stereocenters. The lowest BCUT2D eigenvalue weighted by Crippen LogP contribution is -2.21. The van der Waals surface area contributed by atoms with E-state index < -0.39 is 0 Å². The van der Waals surface area contributed by atoms with Crippen molar-refractivity contribution in [1.82, 2.24) is 4.57 Å². The molecule has 1 aromatic heterocycles. The Bertz CT molecular complexity index is 1030. The van der Waals surface area contributed by atoms with Gasteiger partial charge in [-0.3, -0.25) is 9.59 Å². The quantitative estimate of drug-likeness (QED) is 0.558. The van der Waals surface area contributed by atoms with Gasteiger partial charge in [0, 0.05) is 40.5 Å². The molecule has 0 spiro atoms. The molecule has 0 unspecified atom stereocenters. The van der Waals surface area contributed by atoms with Gasteiger partial charge in [0.25, 0.3) is 5.91 Å². The second kappa shape index (κ2) is 8.68. The van der Waals surface area contributed by atoms with E-state index in [0.717, 1.165) is 23.9 Å². The molecule has 1 fully saturated rings. The number of anilines is 1. The van der Waals surface area contributed by atoms with Gasteiger partial charge in [-0.15, -0.1) is 0 Å². The monoisotopic (exact) mass is 392 g/mol. The highest BCUT2D eigenvalue weighted by atomic mass is 16.5. The van der Waals surface area contributed by atoms with Crippen molar-refractivity contribution in [2.45, 2.75) is 52.0 Å². The third kappa shape index (κ3) is 4.29. The molecule has 5 heteroatoms. The summed E-state index contributed by atoms with van der Waals surface area (Å²) in [6.07, 6.45) is 6.24. The Hall–Kier alpha value is -2.82. The summed E-state index contributed by atoms with van der Waals surface area (Å²) < 4.78 is 7.43. The third-order valence-corrected chi connectivity index (χ3v) is 5.97. The summed E-state index contributed by atoms with van der Waals surface area (Å²) >= 11 is 0. The third-order valence-electron chi connectivity index (χ3n) is 5.97. The number of fused-ring (bicyclic) bond motifs is 3. The summed E-state index contributed by atoms with van der Waals surface area (Å²) in [5.41, 5.74) is 3.04. The maximum Gasteiger partial charge on any atom is 0.306 e. The topological polar surface area (TPSA) is 60.3 Å². The number of nitrogens with zero attached hydrogens (tertiary/aromatic N) is 1. The van der Waals surface area contributed by atoms with Crippen LogP contribution in [0, 0.1) is 5.92 Å². The fourth-order valence-electron chi connectivity index (χ4n) is 4.51. The van der Waals surface area contributed by atoms with Crippen molar-refractivity contribution >= 4 is 39.4 Å². The van der Waals surface area contributed by atoms with Crippen LogP contribution in [0.4, 0.5) is 5.69 Å². The van der Waals surface area contributed by atoms with Crippen LogP contribution < -0.4 is 5.32 Å². The Morgan fingerprint density at radius 3 is 2.62 bits per heavy atom. The highest BCUT2D eigenvalue weighted by molar-refractivity contribution is 6.09. The van der Waals surface area contributed by atoms with Crippen LogP contribution in [0.3, 0.4) is 0 Å². The lowest BCUT2D eigenvalue weighted by atomic mass is 10.0. The van der Waals surface area contributed by atoms with Crippen LogP contribution in [0.15, 0.2) is 42.5 Å². The molecule has 1 aliphatic carbocycles. The molecule has 29 heavy (non-hydrogen) atoms. The van der Waals surface area contributed by atoms with Crippen LogP contribution in [0.2, 0.25) is 0 Å². The lowest BCUT2D eigenvalue weighted by molar-refractivity contribution is -0.147. The SMILES string of the molecule is CCn1c2ccccc2c2cc(NC(=O)COC(=O)CCC3CCCC3)ccc21. The van der Waals surface area contributed by atoms with Crippen molar-refractivity contribution in [3.63, 3.8) is 0 Å². The van der Waals surface area contributed by atoms with Crippen LogP contribution >= 0.6 is 0 Å². The van der Waals surface area contributed by atoms with Gasteiger partial charge in [0.05, 0.1) is 0 Å². The van der Waals surface area contributed by atoms with E-state index in [1.54, 1.807) is 0 Å². The van der Waals surface area contributed by atoms with E-state index in [2.05, 4.69) is 28.9 Å². The number of carbonyl (C=O) groups is 2. The van der Waals surface area contributed by atoms with Crippen LogP contribution in [-0.2, 0) is 20.9 Å². The van der Waals surface area contributed by atoms with Gasteiger partial charge in [-0.1, -0.05) is 43.9 Å². The number of esters is 1. The van der Waals surface area contributed by atoms with Crippen molar-refractivity contribution in [3.8, 4) is 0 Å². The van der Waals surface area contributed by atoms with Crippen molar-refractivity contribution in [1.29, 1.82) is 0 Å². The summed E-state index contributed by atoms with van der Waals surface area (Å²) in [5, 5.41) is 5.12. The first-order valence-corrected chi connectivity index (χ1v) is 10.6. The van der Waals surface area contributed by atoms with Crippen molar-refractivity contribution in [2.75, 3.05) is 11.9 Å². The fourth-order valence-corrected chi connectivity index (χ4v) is 4.51. The number of aromatic nitrogens is 1. The number of aryl methyl sites for hydroxylation is 1. The summed E-state index contributed by atoms with van der Waals surface area (Å²) in [6, 6.07) is 14.2. The average Bonchev–Trinajstić information content (AvgIpc) is 3.36. The smallest absolute Gasteiger partial charge is 0.306 e. The second-order valence-corrected chi connectivity index (χ2v) is 7.89. The molecule has 0 radical (unpaired) electrons. The zero-order valence-electron chi connectivity index (χ0n) is 16.9. The van der Waals surface area contributed by atoms with Gasteiger partial charge >= 0.3 is 5.97 Å². The maximum absolute atomic E-state index is 12.2. The van der Waals surface area contributed by atoms with Crippen LogP contribution in [0.5, 0.6) is 0 Å².